The molecule has 0 aliphatic heterocycles. The van der Waals surface area contributed by atoms with Gasteiger partial charge in [-0.05, 0) is 73.4 Å². The molecule has 3 aromatic heterocycles. The molecule has 5 rings (SSSR count). The van der Waals surface area contributed by atoms with Gasteiger partial charge in [-0.1, -0.05) is 18.6 Å². The molecule has 3 heterocycles. The van der Waals surface area contributed by atoms with E-state index in [1.807, 2.05) is 48.9 Å². The third-order valence-corrected chi connectivity index (χ3v) is 6.85. The Kier molecular flexibility index (Phi) is 4.36. The Morgan fingerprint density at radius 2 is 1.89 bits per heavy atom. The lowest BCUT2D eigenvalue weighted by Gasteiger charge is -2.08. The van der Waals surface area contributed by atoms with Crippen molar-refractivity contribution in [2.24, 2.45) is 0 Å². The summed E-state index contributed by atoms with van der Waals surface area (Å²) in [6, 6.07) is 14.1. The zero-order valence-electron chi connectivity index (χ0n) is 15.9. The Labute approximate surface area is 168 Å². The first-order valence-electron chi connectivity index (χ1n) is 9.89. The second-order valence-corrected chi connectivity index (χ2v) is 8.73. The molecule has 0 spiro atoms. The highest BCUT2D eigenvalue weighted by molar-refractivity contribution is 7.19. The highest BCUT2D eigenvalue weighted by Gasteiger charge is 2.15. The highest BCUT2D eigenvalue weighted by atomic mass is 32.1. The molecule has 1 aromatic carbocycles. The predicted octanol–water partition coefficient (Wildman–Crippen LogP) is 5.69. The molecule has 0 saturated heterocycles. The predicted molar refractivity (Wildman–Crippen MR) is 117 cm³/mol. The molecule has 0 atom stereocenters. The maximum absolute atomic E-state index is 12.8. The van der Waals surface area contributed by atoms with Crippen molar-refractivity contribution in [2.75, 3.05) is 0 Å². The quantitative estimate of drug-likeness (QED) is 0.415. The lowest BCUT2D eigenvalue weighted by Crippen LogP contribution is -2.16. The number of nitrogens with zero attached hydrogens (tertiary/aromatic N) is 2. The first-order valence-corrected chi connectivity index (χ1v) is 10.7. The molecular formula is C24H22N2OS. The Morgan fingerprint density at radius 1 is 1.00 bits per heavy atom. The minimum Gasteiger partial charge on any atom is -0.284 e. The smallest absolute Gasteiger partial charge is 0.255 e. The molecule has 0 amide bonds. The first-order chi connectivity index (χ1) is 13.7. The van der Waals surface area contributed by atoms with E-state index in [0.29, 0.717) is 0 Å². The standard InChI is InChI=1S/C24H22N2OS/c1-16-7-10-21(25-15-16)17-11-12-26(24(27)13-17)18-8-9-20-19-5-3-2-4-6-22(19)28-23(20)14-18/h7-15H,2-6H2,1H3. The number of hydrogen-bond acceptors (Lipinski definition) is 3. The van der Waals surface area contributed by atoms with E-state index in [2.05, 4.69) is 23.2 Å². The van der Waals surface area contributed by atoms with Gasteiger partial charge in [0.25, 0.3) is 5.56 Å². The monoisotopic (exact) mass is 386 g/mol. The van der Waals surface area contributed by atoms with E-state index >= 15 is 0 Å². The summed E-state index contributed by atoms with van der Waals surface area (Å²) in [5.74, 6) is 0. The summed E-state index contributed by atoms with van der Waals surface area (Å²) in [7, 11) is 0. The second-order valence-electron chi connectivity index (χ2n) is 7.59. The van der Waals surface area contributed by atoms with E-state index in [-0.39, 0.29) is 5.56 Å². The van der Waals surface area contributed by atoms with Crippen LogP contribution >= 0.6 is 11.3 Å². The topological polar surface area (TPSA) is 34.9 Å². The van der Waals surface area contributed by atoms with Crippen LogP contribution in [0.3, 0.4) is 0 Å². The molecule has 1 aliphatic carbocycles. The maximum atomic E-state index is 12.8. The van der Waals surface area contributed by atoms with Crippen LogP contribution in [-0.2, 0) is 12.8 Å². The van der Waals surface area contributed by atoms with E-state index in [0.717, 1.165) is 22.5 Å². The van der Waals surface area contributed by atoms with Crippen LogP contribution in [0, 0.1) is 6.92 Å². The Hall–Kier alpha value is -2.72. The number of thiophene rings is 1. The summed E-state index contributed by atoms with van der Waals surface area (Å²) in [6.07, 6.45) is 9.98. The number of aryl methyl sites for hydroxylation is 3. The molecule has 28 heavy (non-hydrogen) atoms. The average Bonchev–Trinajstić information content (AvgIpc) is 2.88. The van der Waals surface area contributed by atoms with Crippen LogP contribution in [0.15, 0.2) is 59.7 Å². The third kappa shape index (κ3) is 3.08. The van der Waals surface area contributed by atoms with Gasteiger partial charge in [-0.15, -0.1) is 11.3 Å². The molecule has 0 fully saturated rings. The van der Waals surface area contributed by atoms with Gasteiger partial charge in [0.15, 0.2) is 0 Å². The van der Waals surface area contributed by atoms with Crippen molar-refractivity contribution >= 4 is 21.4 Å². The van der Waals surface area contributed by atoms with Crippen LogP contribution in [0.4, 0.5) is 0 Å². The molecule has 3 nitrogen and oxygen atoms in total. The molecule has 4 aromatic rings. The minimum atomic E-state index is -0.0302. The van der Waals surface area contributed by atoms with Crippen LogP contribution in [-0.4, -0.2) is 9.55 Å². The maximum Gasteiger partial charge on any atom is 0.255 e. The van der Waals surface area contributed by atoms with Gasteiger partial charge in [0.1, 0.15) is 0 Å². The van der Waals surface area contributed by atoms with Crippen LogP contribution in [0.25, 0.3) is 27.0 Å². The first kappa shape index (κ1) is 17.4. The summed E-state index contributed by atoms with van der Waals surface area (Å²) in [5.41, 5.74) is 5.23. The van der Waals surface area contributed by atoms with E-state index in [1.54, 1.807) is 10.6 Å². The minimum absolute atomic E-state index is 0.0302. The van der Waals surface area contributed by atoms with Gasteiger partial charge >= 0.3 is 0 Å². The SMILES string of the molecule is Cc1ccc(-c2ccn(-c3ccc4c5c(sc4c3)CCCCC5)c(=O)c2)nc1. The van der Waals surface area contributed by atoms with Crippen LogP contribution in [0.2, 0.25) is 0 Å². The summed E-state index contributed by atoms with van der Waals surface area (Å²) >= 11 is 1.90. The van der Waals surface area contributed by atoms with Crippen molar-refractivity contribution < 1.29 is 0 Å². The Morgan fingerprint density at radius 3 is 2.71 bits per heavy atom. The van der Waals surface area contributed by atoms with Crippen molar-refractivity contribution in [1.29, 1.82) is 0 Å². The van der Waals surface area contributed by atoms with Gasteiger partial charge in [0.2, 0.25) is 0 Å². The summed E-state index contributed by atoms with van der Waals surface area (Å²) in [4.78, 5) is 18.8. The fourth-order valence-corrected chi connectivity index (χ4v) is 5.40. The van der Waals surface area contributed by atoms with Gasteiger partial charge in [-0.3, -0.25) is 14.3 Å². The van der Waals surface area contributed by atoms with Crippen LogP contribution in [0.1, 0.15) is 35.3 Å². The van der Waals surface area contributed by atoms with E-state index < -0.39 is 0 Å². The van der Waals surface area contributed by atoms with Crippen molar-refractivity contribution in [3.05, 3.63) is 81.2 Å². The molecule has 0 saturated carbocycles. The zero-order chi connectivity index (χ0) is 19.1. The molecular weight excluding hydrogens is 364 g/mol. The van der Waals surface area contributed by atoms with Gasteiger partial charge in [-0.2, -0.15) is 0 Å². The average molecular weight is 387 g/mol. The van der Waals surface area contributed by atoms with Gasteiger partial charge in [-0.25, -0.2) is 0 Å². The fourth-order valence-electron chi connectivity index (χ4n) is 4.07. The summed E-state index contributed by atoms with van der Waals surface area (Å²) in [6.45, 7) is 2.01. The Balaban J connectivity index is 1.54. The number of fused-ring (bicyclic) bond motifs is 3. The normalized spacial score (nSPS) is 14.0. The fraction of sp³-hybridized carbons (Fsp3) is 0.250. The van der Waals surface area contributed by atoms with Crippen LogP contribution in [0.5, 0.6) is 0 Å². The van der Waals surface area contributed by atoms with E-state index in [9.17, 15) is 4.79 Å². The molecule has 0 radical (unpaired) electrons. The number of rotatable bonds is 2. The second kappa shape index (κ2) is 7.02. The van der Waals surface area contributed by atoms with Gasteiger partial charge in [0, 0.05) is 33.6 Å². The van der Waals surface area contributed by atoms with Crippen molar-refractivity contribution in [3.63, 3.8) is 0 Å². The van der Waals surface area contributed by atoms with Gasteiger partial charge < -0.3 is 0 Å². The summed E-state index contributed by atoms with van der Waals surface area (Å²) in [5, 5.41) is 1.37. The molecule has 0 N–H and O–H groups in total. The number of benzene rings is 1. The molecule has 0 unspecified atom stereocenters. The molecule has 1 aliphatic rings. The number of pyridine rings is 2. The lowest BCUT2D eigenvalue weighted by molar-refractivity contribution is 0.713. The van der Waals surface area contributed by atoms with Crippen molar-refractivity contribution in [1.82, 2.24) is 9.55 Å². The highest BCUT2D eigenvalue weighted by Crippen LogP contribution is 2.36. The lowest BCUT2D eigenvalue weighted by atomic mass is 10.1. The molecule has 140 valence electrons. The molecule has 0 bridgehead atoms. The Bertz CT molecular complexity index is 1220. The van der Waals surface area contributed by atoms with E-state index in [1.165, 1.54) is 52.6 Å². The van der Waals surface area contributed by atoms with E-state index in [4.69, 9.17) is 0 Å². The largest absolute Gasteiger partial charge is 0.284 e. The van der Waals surface area contributed by atoms with Crippen molar-refractivity contribution in [3.8, 4) is 16.9 Å². The zero-order valence-corrected chi connectivity index (χ0v) is 16.8. The number of hydrogen-bond donors (Lipinski definition) is 0. The van der Waals surface area contributed by atoms with Gasteiger partial charge in [0.05, 0.1) is 11.4 Å². The summed E-state index contributed by atoms with van der Waals surface area (Å²) < 4.78 is 3.02. The third-order valence-electron chi connectivity index (χ3n) is 5.60. The molecule has 4 heteroatoms. The van der Waals surface area contributed by atoms with Crippen LogP contribution < -0.4 is 5.56 Å². The number of aromatic nitrogens is 2. The van der Waals surface area contributed by atoms with Crippen molar-refractivity contribution in [2.45, 2.75) is 39.0 Å².